The third-order valence-corrected chi connectivity index (χ3v) is 6.27. The molecule has 7 heteroatoms. The first-order chi connectivity index (χ1) is 10.1. The van der Waals surface area contributed by atoms with Crippen LogP contribution in [0.15, 0.2) is 16.3 Å². The minimum Gasteiger partial charge on any atom is -0.481 e. The van der Waals surface area contributed by atoms with Crippen LogP contribution in [-0.2, 0) is 9.53 Å². The standard InChI is InChI=1S/C14H17NO4S2/c1-20-10-2-5-21-11(10)12(16)15-6-9-7-19-4-3-14(9,8-15)13(17)18/h2,5,9H,3-4,6-8H2,1H3,(H,17,18)/t9-,14+/m0/s1. The van der Waals surface area contributed by atoms with Gasteiger partial charge in [-0.25, -0.2) is 0 Å². The minimum absolute atomic E-state index is 0.0515. The summed E-state index contributed by atoms with van der Waals surface area (Å²) in [5.41, 5.74) is -0.829. The minimum atomic E-state index is -0.829. The number of thioether (sulfide) groups is 1. The maximum Gasteiger partial charge on any atom is 0.311 e. The van der Waals surface area contributed by atoms with Crippen LogP contribution in [0.1, 0.15) is 16.1 Å². The van der Waals surface area contributed by atoms with E-state index in [4.69, 9.17) is 4.74 Å². The third-order valence-electron chi connectivity index (χ3n) is 4.46. The van der Waals surface area contributed by atoms with Crippen molar-refractivity contribution < 1.29 is 19.4 Å². The molecule has 3 rings (SSSR count). The summed E-state index contributed by atoms with van der Waals surface area (Å²) in [5.74, 6) is -0.961. The number of aliphatic carboxylic acids is 1. The monoisotopic (exact) mass is 327 g/mol. The number of hydrogen-bond donors (Lipinski definition) is 1. The Labute approximate surface area is 131 Å². The lowest BCUT2D eigenvalue weighted by atomic mass is 9.74. The number of carbonyl (C=O) groups is 2. The number of likely N-dealkylation sites (tertiary alicyclic amines) is 1. The van der Waals surface area contributed by atoms with E-state index in [0.29, 0.717) is 37.6 Å². The van der Waals surface area contributed by atoms with Crippen LogP contribution in [0.4, 0.5) is 0 Å². The lowest BCUT2D eigenvalue weighted by Crippen LogP contribution is -2.45. The lowest BCUT2D eigenvalue weighted by Gasteiger charge is -2.33. The summed E-state index contributed by atoms with van der Waals surface area (Å²) in [6.45, 7) is 1.65. The molecule has 0 spiro atoms. The molecule has 0 saturated carbocycles. The fraction of sp³-hybridized carbons (Fsp3) is 0.571. The average Bonchev–Trinajstić information content (AvgIpc) is 3.11. The van der Waals surface area contributed by atoms with Crippen molar-refractivity contribution in [2.45, 2.75) is 11.3 Å². The first-order valence-electron chi connectivity index (χ1n) is 6.80. The van der Waals surface area contributed by atoms with Gasteiger partial charge in [0.2, 0.25) is 0 Å². The van der Waals surface area contributed by atoms with E-state index in [-0.39, 0.29) is 11.8 Å². The van der Waals surface area contributed by atoms with Crippen molar-refractivity contribution in [3.8, 4) is 0 Å². The number of hydrogen-bond acceptors (Lipinski definition) is 5. The summed E-state index contributed by atoms with van der Waals surface area (Å²) in [6.07, 6.45) is 2.42. The Bertz CT molecular complexity index is 573. The smallest absolute Gasteiger partial charge is 0.311 e. The van der Waals surface area contributed by atoms with Gasteiger partial charge in [0.25, 0.3) is 5.91 Å². The lowest BCUT2D eigenvalue weighted by molar-refractivity contribution is -0.157. The molecule has 0 radical (unpaired) electrons. The fourth-order valence-electron chi connectivity index (χ4n) is 3.21. The average molecular weight is 327 g/mol. The second-order valence-electron chi connectivity index (χ2n) is 5.49. The van der Waals surface area contributed by atoms with Crippen LogP contribution >= 0.6 is 23.1 Å². The highest BCUT2D eigenvalue weighted by atomic mass is 32.2. The van der Waals surface area contributed by atoms with Gasteiger partial charge in [0.1, 0.15) is 4.88 Å². The molecule has 0 bridgehead atoms. The first kappa shape index (κ1) is 14.9. The number of carboxylic acid groups (broad SMARTS) is 1. The summed E-state index contributed by atoms with van der Waals surface area (Å²) >= 11 is 2.96. The Kier molecular flexibility index (Phi) is 3.98. The number of carbonyl (C=O) groups excluding carboxylic acids is 1. The van der Waals surface area contributed by atoms with Gasteiger partial charge in [-0.3, -0.25) is 9.59 Å². The molecule has 1 aromatic rings. The van der Waals surface area contributed by atoms with Crippen LogP contribution in [0.3, 0.4) is 0 Å². The van der Waals surface area contributed by atoms with E-state index in [9.17, 15) is 14.7 Å². The number of nitrogens with zero attached hydrogens (tertiary/aromatic N) is 1. The SMILES string of the molecule is CSc1ccsc1C(=O)N1C[C@H]2COCC[C@@]2(C(=O)O)C1. The molecule has 0 unspecified atom stereocenters. The molecule has 2 aliphatic heterocycles. The van der Waals surface area contributed by atoms with Crippen LogP contribution < -0.4 is 0 Å². The molecular weight excluding hydrogens is 310 g/mol. The second kappa shape index (κ2) is 5.62. The highest BCUT2D eigenvalue weighted by molar-refractivity contribution is 7.98. The van der Waals surface area contributed by atoms with Crippen molar-refractivity contribution in [1.82, 2.24) is 4.90 Å². The fourth-order valence-corrected chi connectivity index (χ4v) is 4.92. The second-order valence-corrected chi connectivity index (χ2v) is 7.25. The van der Waals surface area contributed by atoms with Gasteiger partial charge in [0.15, 0.2) is 0 Å². The van der Waals surface area contributed by atoms with Crippen molar-refractivity contribution in [2.75, 3.05) is 32.6 Å². The van der Waals surface area contributed by atoms with Gasteiger partial charge in [0, 0.05) is 30.5 Å². The van der Waals surface area contributed by atoms with E-state index in [1.807, 2.05) is 17.7 Å². The van der Waals surface area contributed by atoms with Crippen molar-refractivity contribution in [3.05, 3.63) is 16.3 Å². The molecule has 2 fully saturated rings. The van der Waals surface area contributed by atoms with Gasteiger partial charge < -0.3 is 14.7 Å². The van der Waals surface area contributed by atoms with E-state index in [0.717, 1.165) is 4.90 Å². The zero-order valence-corrected chi connectivity index (χ0v) is 13.3. The number of fused-ring (bicyclic) bond motifs is 1. The largest absolute Gasteiger partial charge is 0.481 e. The molecule has 3 heterocycles. The Morgan fingerprint density at radius 3 is 3.05 bits per heavy atom. The number of thiophene rings is 1. The third kappa shape index (κ3) is 2.37. The number of carboxylic acids is 1. The molecule has 21 heavy (non-hydrogen) atoms. The van der Waals surface area contributed by atoms with E-state index in [2.05, 4.69) is 0 Å². The van der Waals surface area contributed by atoms with Gasteiger partial charge >= 0.3 is 5.97 Å². The predicted molar refractivity (Wildman–Crippen MR) is 81.0 cm³/mol. The number of ether oxygens (including phenoxy) is 1. The van der Waals surface area contributed by atoms with Crippen LogP contribution in [0.25, 0.3) is 0 Å². The Morgan fingerprint density at radius 1 is 1.57 bits per heavy atom. The summed E-state index contributed by atoms with van der Waals surface area (Å²) in [6, 6.07) is 1.93. The molecular formula is C14H17NO4S2. The Morgan fingerprint density at radius 2 is 2.38 bits per heavy atom. The van der Waals surface area contributed by atoms with Crippen LogP contribution in [-0.4, -0.2) is 54.4 Å². The molecule has 114 valence electrons. The topological polar surface area (TPSA) is 66.8 Å². The molecule has 1 N–H and O–H groups in total. The summed E-state index contributed by atoms with van der Waals surface area (Å²) in [7, 11) is 0. The molecule has 5 nitrogen and oxygen atoms in total. The van der Waals surface area contributed by atoms with E-state index in [1.54, 1.807) is 16.7 Å². The molecule has 2 aliphatic rings. The Balaban J connectivity index is 1.85. The molecule has 0 aromatic carbocycles. The van der Waals surface area contributed by atoms with Crippen molar-refractivity contribution in [3.63, 3.8) is 0 Å². The molecule has 2 atom stereocenters. The van der Waals surface area contributed by atoms with E-state index >= 15 is 0 Å². The zero-order chi connectivity index (χ0) is 15.0. The van der Waals surface area contributed by atoms with Crippen LogP contribution in [0, 0.1) is 11.3 Å². The predicted octanol–water partition coefficient (Wildman–Crippen LogP) is 2.03. The molecule has 2 saturated heterocycles. The summed E-state index contributed by atoms with van der Waals surface area (Å²) < 4.78 is 5.42. The van der Waals surface area contributed by atoms with Gasteiger partial charge in [-0.1, -0.05) is 0 Å². The van der Waals surface area contributed by atoms with Crippen molar-refractivity contribution >= 4 is 35.0 Å². The van der Waals surface area contributed by atoms with Crippen LogP contribution in [0.5, 0.6) is 0 Å². The number of rotatable bonds is 3. The van der Waals surface area contributed by atoms with Crippen molar-refractivity contribution in [2.24, 2.45) is 11.3 Å². The van der Waals surface area contributed by atoms with Crippen molar-refractivity contribution in [1.29, 1.82) is 0 Å². The first-order valence-corrected chi connectivity index (χ1v) is 8.91. The van der Waals surface area contributed by atoms with Crippen LogP contribution in [0.2, 0.25) is 0 Å². The summed E-state index contributed by atoms with van der Waals surface area (Å²) in [4.78, 5) is 27.8. The van der Waals surface area contributed by atoms with E-state index in [1.165, 1.54) is 11.3 Å². The maximum atomic E-state index is 12.7. The Hall–Kier alpha value is -1.05. The summed E-state index contributed by atoms with van der Waals surface area (Å²) in [5, 5.41) is 11.5. The molecule has 0 aliphatic carbocycles. The van der Waals surface area contributed by atoms with Gasteiger partial charge in [-0.15, -0.1) is 23.1 Å². The van der Waals surface area contributed by atoms with Gasteiger partial charge in [0.05, 0.1) is 12.0 Å². The number of amides is 1. The maximum absolute atomic E-state index is 12.7. The molecule has 1 amide bonds. The van der Waals surface area contributed by atoms with Gasteiger partial charge in [-0.05, 0) is 24.1 Å². The normalized spacial score (nSPS) is 28.4. The van der Waals surface area contributed by atoms with Gasteiger partial charge in [-0.2, -0.15) is 0 Å². The highest BCUT2D eigenvalue weighted by Gasteiger charge is 2.55. The highest BCUT2D eigenvalue weighted by Crippen LogP contribution is 2.43. The molecule has 1 aromatic heterocycles. The zero-order valence-electron chi connectivity index (χ0n) is 11.7. The quantitative estimate of drug-likeness (QED) is 0.861. The van der Waals surface area contributed by atoms with E-state index < -0.39 is 11.4 Å².